The standard InChI is InChI=1S/C14H27N3O/c1-13-4-2-8-16(12-13)9-3-5-14(18)17-10-6-15-7-11-17/h13,15H,2-12H2,1H3. The second kappa shape index (κ2) is 7.10. The highest BCUT2D eigenvalue weighted by molar-refractivity contribution is 5.76. The molecule has 0 aromatic carbocycles. The molecule has 0 aromatic rings. The van der Waals surface area contributed by atoms with Crippen molar-refractivity contribution in [3.63, 3.8) is 0 Å². The lowest BCUT2D eigenvalue weighted by atomic mass is 10.00. The fourth-order valence-corrected chi connectivity index (χ4v) is 3.02. The summed E-state index contributed by atoms with van der Waals surface area (Å²) in [6.07, 6.45) is 4.45. The van der Waals surface area contributed by atoms with E-state index in [1.807, 2.05) is 4.90 Å². The number of carbonyl (C=O) groups excluding carboxylic acids is 1. The third-order valence-corrected chi connectivity index (χ3v) is 4.08. The Kier molecular flexibility index (Phi) is 5.45. The van der Waals surface area contributed by atoms with Crippen molar-refractivity contribution in [1.29, 1.82) is 0 Å². The van der Waals surface area contributed by atoms with Gasteiger partial charge >= 0.3 is 0 Å². The monoisotopic (exact) mass is 253 g/mol. The van der Waals surface area contributed by atoms with Crippen LogP contribution in [0.3, 0.4) is 0 Å². The van der Waals surface area contributed by atoms with Crippen molar-refractivity contribution in [2.45, 2.75) is 32.6 Å². The molecule has 2 heterocycles. The number of hydrogen-bond donors (Lipinski definition) is 1. The Labute approximate surface area is 111 Å². The van der Waals surface area contributed by atoms with Crippen molar-refractivity contribution in [3.05, 3.63) is 0 Å². The van der Waals surface area contributed by atoms with E-state index in [0.29, 0.717) is 5.91 Å². The quantitative estimate of drug-likeness (QED) is 0.809. The number of hydrogen-bond acceptors (Lipinski definition) is 3. The van der Waals surface area contributed by atoms with Gasteiger partial charge in [0.05, 0.1) is 0 Å². The van der Waals surface area contributed by atoms with E-state index in [1.54, 1.807) is 0 Å². The summed E-state index contributed by atoms with van der Waals surface area (Å²) in [5, 5.41) is 3.28. The van der Waals surface area contributed by atoms with E-state index in [1.165, 1.54) is 25.9 Å². The molecule has 0 saturated carbocycles. The number of likely N-dealkylation sites (tertiary alicyclic amines) is 1. The van der Waals surface area contributed by atoms with Crippen molar-refractivity contribution < 1.29 is 4.79 Å². The molecule has 2 saturated heterocycles. The molecule has 104 valence electrons. The first-order valence-corrected chi connectivity index (χ1v) is 7.46. The van der Waals surface area contributed by atoms with Gasteiger partial charge in [0.2, 0.25) is 5.91 Å². The second-order valence-corrected chi connectivity index (χ2v) is 5.78. The SMILES string of the molecule is CC1CCCN(CCCC(=O)N2CCNCC2)C1. The first kappa shape index (κ1) is 13.8. The van der Waals surface area contributed by atoms with Crippen LogP contribution >= 0.6 is 0 Å². The van der Waals surface area contributed by atoms with E-state index < -0.39 is 0 Å². The molecule has 4 nitrogen and oxygen atoms in total. The smallest absolute Gasteiger partial charge is 0.222 e. The number of amides is 1. The van der Waals surface area contributed by atoms with Crippen LogP contribution in [0.4, 0.5) is 0 Å². The molecule has 0 bridgehead atoms. The number of carbonyl (C=O) groups is 1. The van der Waals surface area contributed by atoms with Crippen molar-refractivity contribution in [2.24, 2.45) is 5.92 Å². The summed E-state index contributed by atoms with van der Waals surface area (Å²) in [5.41, 5.74) is 0. The summed E-state index contributed by atoms with van der Waals surface area (Å²) in [6, 6.07) is 0. The highest BCUT2D eigenvalue weighted by Crippen LogP contribution is 2.15. The van der Waals surface area contributed by atoms with E-state index in [-0.39, 0.29) is 0 Å². The van der Waals surface area contributed by atoms with Crippen molar-refractivity contribution in [2.75, 3.05) is 45.8 Å². The number of piperazine rings is 1. The topological polar surface area (TPSA) is 35.6 Å². The van der Waals surface area contributed by atoms with Crippen molar-refractivity contribution in [1.82, 2.24) is 15.1 Å². The zero-order valence-corrected chi connectivity index (χ0v) is 11.7. The molecule has 2 rings (SSSR count). The van der Waals surface area contributed by atoms with Gasteiger partial charge in [-0.15, -0.1) is 0 Å². The largest absolute Gasteiger partial charge is 0.340 e. The maximum atomic E-state index is 12.0. The van der Waals surface area contributed by atoms with Gasteiger partial charge in [-0.1, -0.05) is 6.92 Å². The third-order valence-electron chi connectivity index (χ3n) is 4.08. The van der Waals surface area contributed by atoms with Gasteiger partial charge in [-0.3, -0.25) is 4.79 Å². The summed E-state index contributed by atoms with van der Waals surface area (Å²) in [5.74, 6) is 1.18. The van der Waals surface area contributed by atoms with Gasteiger partial charge in [0.25, 0.3) is 0 Å². The molecule has 2 fully saturated rings. The Hall–Kier alpha value is -0.610. The maximum absolute atomic E-state index is 12.0. The molecule has 0 aromatic heterocycles. The van der Waals surface area contributed by atoms with Crippen LogP contribution in [0.1, 0.15) is 32.6 Å². The number of nitrogens with one attached hydrogen (secondary N) is 1. The first-order chi connectivity index (χ1) is 8.75. The first-order valence-electron chi connectivity index (χ1n) is 7.46. The maximum Gasteiger partial charge on any atom is 0.222 e. The van der Waals surface area contributed by atoms with Gasteiger partial charge in [-0.25, -0.2) is 0 Å². The van der Waals surface area contributed by atoms with Crippen LogP contribution in [0.15, 0.2) is 0 Å². The number of piperidine rings is 1. The molecule has 0 spiro atoms. The van der Waals surface area contributed by atoms with E-state index >= 15 is 0 Å². The second-order valence-electron chi connectivity index (χ2n) is 5.78. The van der Waals surface area contributed by atoms with Gasteiger partial charge in [-0.05, 0) is 38.3 Å². The fourth-order valence-electron chi connectivity index (χ4n) is 3.02. The molecule has 1 amide bonds. The average molecular weight is 253 g/mol. The van der Waals surface area contributed by atoms with E-state index in [0.717, 1.165) is 51.5 Å². The van der Waals surface area contributed by atoms with Crippen LogP contribution in [0.25, 0.3) is 0 Å². The lowest BCUT2D eigenvalue weighted by Gasteiger charge is -2.31. The molecule has 1 unspecified atom stereocenters. The summed E-state index contributed by atoms with van der Waals surface area (Å²) >= 11 is 0. The number of rotatable bonds is 4. The Balaban J connectivity index is 1.60. The van der Waals surface area contributed by atoms with Crippen LogP contribution in [0.2, 0.25) is 0 Å². The van der Waals surface area contributed by atoms with Gasteiger partial charge in [0.15, 0.2) is 0 Å². The molecule has 4 heteroatoms. The summed E-state index contributed by atoms with van der Waals surface area (Å²) < 4.78 is 0. The van der Waals surface area contributed by atoms with Crippen LogP contribution in [-0.2, 0) is 4.79 Å². The normalized spacial score (nSPS) is 26.3. The molecule has 1 N–H and O–H groups in total. The summed E-state index contributed by atoms with van der Waals surface area (Å²) in [4.78, 5) is 16.5. The molecule has 2 aliphatic heterocycles. The van der Waals surface area contributed by atoms with Crippen LogP contribution < -0.4 is 5.32 Å². The Morgan fingerprint density at radius 2 is 2.06 bits per heavy atom. The zero-order chi connectivity index (χ0) is 12.8. The third kappa shape index (κ3) is 4.25. The highest BCUT2D eigenvalue weighted by atomic mass is 16.2. The minimum Gasteiger partial charge on any atom is -0.340 e. The molecular weight excluding hydrogens is 226 g/mol. The average Bonchev–Trinajstić information content (AvgIpc) is 2.40. The lowest BCUT2D eigenvalue weighted by Crippen LogP contribution is -2.46. The van der Waals surface area contributed by atoms with Crippen LogP contribution in [-0.4, -0.2) is 61.5 Å². The summed E-state index contributed by atoms with van der Waals surface area (Å²) in [7, 11) is 0. The molecule has 18 heavy (non-hydrogen) atoms. The molecule has 2 aliphatic rings. The van der Waals surface area contributed by atoms with Gasteiger partial charge < -0.3 is 15.1 Å². The van der Waals surface area contributed by atoms with Gasteiger partial charge in [0, 0.05) is 39.1 Å². The summed E-state index contributed by atoms with van der Waals surface area (Å²) in [6.45, 7) is 9.57. The van der Waals surface area contributed by atoms with Crippen LogP contribution in [0.5, 0.6) is 0 Å². The molecular formula is C14H27N3O. The zero-order valence-electron chi connectivity index (χ0n) is 11.7. The molecule has 1 atom stereocenters. The molecule has 0 aliphatic carbocycles. The van der Waals surface area contributed by atoms with Crippen LogP contribution in [0, 0.1) is 5.92 Å². The fraction of sp³-hybridized carbons (Fsp3) is 0.929. The predicted molar refractivity (Wildman–Crippen MR) is 73.5 cm³/mol. The van der Waals surface area contributed by atoms with Gasteiger partial charge in [-0.2, -0.15) is 0 Å². The minimum absolute atomic E-state index is 0.349. The van der Waals surface area contributed by atoms with E-state index in [2.05, 4.69) is 17.1 Å². The highest BCUT2D eigenvalue weighted by Gasteiger charge is 2.18. The van der Waals surface area contributed by atoms with Crippen molar-refractivity contribution >= 4 is 5.91 Å². The lowest BCUT2D eigenvalue weighted by molar-refractivity contribution is -0.131. The van der Waals surface area contributed by atoms with Crippen molar-refractivity contribution in [3.8, 4) is 0 Å². The Morgan fingerprint density at radius 3 is 2.78 bits per heavy atom. The minimum atomic E-state index is 0.349. The predicted octanol–water partition coefficient (Wildman–Crippen LogP) is 0.930. The number of nitrogens with zero attached hydrogens (tertiary/aromatic N) is 2. The van der Waals surface area contributed by atoms with Gasteiger partial charge in [0.1, 0.15) is 0 Å². The Morgan fingerprint density at radius 1 is 1.28 bits per heavy atom. The molecule has 0 radical (unpaired) electrons. The Bertz CT molecular complexity index is 264. The van der Waals surface area contributed by atoms with E-state index in [4.69, 9.17) is 0 Å². The van der Waals surface area contributed by atoms with E-state index in [9.17, 15) is 4.79 Å².